The zero-order valence-electron chi connectivity index (χ0n) is 18.7. The third kappa shape index (κ3) is 4.37. The molecule has 1 spiro atoms. The molecule has 0 amide bonds. The van der Waals surface area contributed by atoms with Crippen molar-refractivity contribution in [3.63, 3.8) is 0 Å². The monoisotopic (exact) mass is 476 g/mol. The van der Waals surface area contributed by atoms with Crippen molar-refractivity contribution >= 4 is 17.4 Å². The van der Waals surface area contributed by atoms with E-state index in [4.69, 9.17) is 0 Å². The van der Waals surface area contributed by atoms with Crippen molar-refractivity contribution in [2.75, 3.05) is 17.2 Å². The normalized spacial score (nSPS) is 22.5. The standard InChI is InChI=1S/C23H27F3N6S/c1-30-20(19-10-12-27-31(19)2)28-29-21(30)33-13-3-4-16-9-11-22(14-16)15-32(22)18-7-5-17(6-8-18)23(24,25)26/h5-8,10,12,16H,3-4,9,11,13-15H2,1-2H3/t16?,22-,32?/m0/s1. The van der Waals surface area contributed by atoms with Gasteiger partial charge in [-0.1, -0.05) is 11.8 Å². The first-order valence-corrected chi connectivity index (χ1v) is 12.2. The molecule has 1 aliphatic carbocycles. The van der Waals surface area contributed by atoms with Gasteiger partial charge in [-0.15, -0.1) is 10.2 Å². The van der Waals surface area contributed by atoms with Crippen LogP contribution in [-0.4, -0.2) is 42.4 Å². The highest BCUT2D eigenvalue weighted by atomic mass is 32.2. The largest absolute Gasteiger partial charge is 0.416 e. The summed E-state index contributed by atoms with van der Waals surface area (Å²) in [6.45, 7) is 0.958. The molecule has 10 heteroatoms. The zero-order valence-corrected chi connectivity index (χ0v) is 19.5. The maximum Gasteiger partial charge on any atom is 0.416 e. The van der Waals surface area contributed by atoms with Crippen molar-refractivity contribution in [1.82, 2.24) is 24.5 Å². The number of rotatable bonds is 7. The number of aromatic nitrogens is 5. The highest BCUT2D eigenvalue weighted by Crippen LogP contribution is 2.52. The topological polar surface area (TPSA) is 51.5 Å². The Balaban J connectivity index is 1.09. The van der Waals surface area contributed by atoms with E-state index in [-0.39, 0.29) is 5.54 Å². The van der Waals surface area contributed by atoms with Gasteiger partial charge in [0.25, 0.3) is 0 Å². The third-order valence-electron chi connectivity index (χ3n) is 6.99. The lowest BCUT2D eigenvalue weighted by molar-refractivity contribution is -0.137. The number of benzene rings is 1. The number of anilines is 1. The second-order valence-corrected chi connectivity index (χ2v) is 10.2. The minimum absolute atomic E-state index is 0.166. The molecule has 5 rings (SSSR count). The molecular formula is C23H27F3N6S. The van der Waals surface area contributed by atoms with Gasteiger partial charge in [0.05, 0.1) is 11.1 Å². The first-order chi connectivity index (χ1) is 15.8. The van der Waals surface area contributed by atoms with Crippen LogP contribution in [0.5, 0.6) is 0 Å². The molecule has 1 saturated heterocycles. The van der Waals surface area contributed by atoms with E-state index in [1.54, 1.807) is 34.8 Å². The van der Waals surface area contributed by atoms with Gasteiger partial charge in [-0.2, -0.15) is 18.3 Å². The van der Waals surface area contributed by atoms with Crippen LogP contribution in [0, 0.1) is 5.92 Å². The number of halogens is 3. The summed E-state index contributed by atoms with van der Waals surface area (Å²) in [5.74, 6) is 2.48. The van der Waals surface area contributed by atoms with Crippen molar-refractivity contribution in [2.45, 2.75) is 49.0 Å². The summed E-state index contributed by atoms with van der Waals surface area (Å²) in [6, 6.07) is 7.54. The fourth-order valence-corrected chi connectivity index (χ4v) is 5.97. The van der Waals surface area contributed by atoms with E-state index in [0.717, 1.165) is 53.9 Å². The first kappa shape index (κ1) is 22.3. The van der Waals surface area contributed by atoms with Crippen LogP contribution in [0.25, 0.3) is 11.5 Å². The fraction of sp³-hybridized carbons (Fsp3) is 0.522. The summed E-state index contributed by atoms with van der Waals surface area (Å²) in [5.41, 5.74) is 1.43. The predicted molar refractivity (Wildman–Crippen MR) is 122 cm³/mol. The molecule has 3 aromatic rings. The van der Waals surface area contributed by atoms with Gasteiger partial charge in [0.2, 0.25) is 0 Å². The minimum atomic E-state index is -4.28. The van der Waals surface area contributed by atoms with Crippen LogP contribution in [0.15, 0.2) is 41.7 Å². The molecule has 2 fully saturated rings. The quantitative estimate of drug-likeness (QED) is 0.268. The van der Waals surface area contributed by atoms with Crippen LogP contribution in [0.2, 0.25) is 0 Å². The van der Waals surface area contributed by atoms with E-state index >= 15 is 0 Å². The second kappa shape index (κ2) is 8.38. The average molecular weight is 477 g/mol. The Hall–Kier alpha value is -2.49. The lowest BCUT2D eigenvalue weighted by atomic mass is 10.0. The maximum atomic E-state index is 12.8. The van der Waals surface area contributed by atoms with E-state index in [9.17, 15) is 13.2 Å². The second-order valence-electron chi connectivity index (χ2n) is 9.16. The van der Waals surface area contributed by atoms with Gasteiger partial charge in [-0.05, 0) is 68.4 Å². The smallest absolute Gasteiger partial charge is 0.362 e. The lowest BCUT2D eigenvalue weighted by Crippen LogP contribution is -2.14. The molecule has 2 atom stereocenters. The minimum Gasteiger partial charge on any atom is -0.362 e. The van der Waals surface area contributed by atoms with E-state index in [1.807, 2.05) is 24.7 Å². The van der Waals surface area contributed by atoms with Crippen LogP contribution in [0.3, 0.4) is 0 Å². The number of hydrogen-bond acceptors (Lipinski definition) is 5. The average Bonchev–Trinajstić information content (AvgIpc) is 3.05. The van der Waals surface area contributed by atoms with Crippen molar-refractivity contribution < 1.29 is 13.2 Å². The van der Waals surface area contributed by atoms with Crippen LogP contribution in [0.1, 0.15) is 37.7 Å². The fourth-order valence-electron chi connectivity index (χ4n) is 5.10. The number of hydrogen-bond donors (Lipinski definition) is 0. The summed E-state index contributed by atoms with van der Waals surface area (Å²) >= 11 is 1.73. The summed E-state index contributed by atoms with van der Waals surface area (Å²) < 4.78 is 42.2. The van der Waals surface area contributed by atoms with Crippen LogP contribution in [0.4, 0.5) is 18.9 Å². The number of alkyl halides is 3. The van der Waals surface area contributed by atoms with Gasteiger partial charge < -0.3 is 9.47 Å². The van der Waals surface area contributed by atoms with Crippen molar-refractivity contribution in [2.24, 2.45) is 20.0 Å². The van der Waals surface area contributed by atoms with Gasteiger partial charge in [0, 0.05) is 38.3 Å². The van der Waals surface area contributed by atoms with Gasteiger partial charge in [-0.3, -0.25) is 4.68 Å². The molecule has 1 aliphatic heterocycles. The molecule has 176 valence electrons. The van der Waals surface area contributed by atoms with E-state index in [0.29, 0.717) is 5.92 Å². The van der Waals surface area contributed by atoms with E-state index in [2.05, 4.69) is 20.2 Å². The van der Waals surface area contributed by atoms with Crippen molar-refractivity contribution in [3.05, 3.63) is 42.1 Å². The SMILES string of the molecule is Cn1nccc1-c1nnc(SCCCC2CC[C@]3(C2)CN3c2ccc(C(F)(F)F)cc2)n1C. The van der Waals surface area contributed by atoms with Gasteiger partial charge in [-0.25, -0.2) is 0 Å². The molecule has 2 aromatic heterocycles. The van der Waals surface area contributed by atoms with E-state index in [1.165, 1.54) is 25.0 Å². The summed E-state index contributed by atoms with van der Waals surface area (Å²) in [4.78, 5) is 2.28. The third-order valence-corrected chi connectivity index (χ3v) is 8.09. The molecule has 0 bridgehead atoms. The molecule has 1 unspecified atom stereocenters. The predicted octanol–water partition coefficient (Wildman–Crippen LogP) is 5.17. The van der Waals surface area contributed by atoms with E-state index < -0.39 is 11.7 Å². The van der Waals surface area contributed by atoms with Gasteiger partial charge in [0.1, 0.15) is 5.69 Å². The Morgan fingerprint density at radius 2 is 1.91 bits per heavy atom. The highest BCUT2D eigenvalue weighted by Gasteiger charge is 2.55. The summed E-state index contributed by atoms with van der Waals surface area (Å²) in [6.07, 6.45) is 3.20. The molecule has 2 aliphatic rings. The first-order valence-electron chi connectivity index (χ1n) is 11.2. The maximum absolute atomic E-state index is 12.8. The molecular weight excluding hydrogens is 449 g/mol. The molecule has 33 heavy (non-hydrogen) atoms. The van der Waals surface area contributed by atoms with Crippen LogP contribution in [-0.2, 0) is 20.3 Å². The summed E-state index contributed by atoms with van der Waals surface area (Å²) in [7, 11) is 3.87. The zero-order chi connectivity index (χ0) is 23.2. The molecule has 3 heterocycles. The Labute approximate surface area is 195 Å². The number of nitrogens with zero attached hydrogens (tertiary/aromatic N) is 6. The molecule has 1 saturated carbocycles. The highest BCUT2D eigenvalue weighted by molar-refractivity contribution is 7.99. The Bertz CT molecular complexity index is 1120. The molecule has 0 N–H and O–H groups in total. The van der Waals surface area contributed by atoms with Crippen LogP contribution >= 0.6 is 11.8 Å². The molecule has 1 aromatic carbocycles. The van der Waals surface area contributed by atoms with Crippen molar-refractivity contribution in [3.8, 4) is 11.5 Å². The van der Waals surface area contributed by atoms with Gasteiger partial charge in [0.15, 0.2) is 11.0 Å². The molecule has 6 nitrogen and oxygen atoms in total. The van der Waals surface area contributed by atoms with Crippen LogP contribution < -0.4 is 4.90 Å². The lowest BCUT2D eigenvalue weighted by Gasteiger charge is -2.14. The molecule has 0 radical (unpaired) electrons. The number of aryl methyl sites for hydroxylation is 1. The van der Waals surface area contributed by atoms with Gasteiger partial charge >= 0.3 is 6.18 Å². The summed E-state index contributed by atoms with van der Waals surface area (Å²) in [5, 5.41) is 13.8. The van der Waals surface area contributed by atoms with Crippen molar-refractivity contribution in [1.29, 1.82) is 0 Å². The Kier molecular flexibility index (Phi) is 5.66. The Morgan fingerprint density at radius 1 is 1.12 bits per heavy atom. The number of thioether (sulfide) groups is 1. The Morgan fingerprint density at radius 3 is 2.61 bits per heavy atom.